The third kappa shape index (κ3) is 3.56. The Morgan fingerprint density at radius 3 is 3.06 bits per heavy atom. The molecule has 0 saturated carbocycles. The number of nitrogens with one attached hydrogen (secondary N) is 2. The Morgan fingerprint density at radius 2 is 2.41 bits per heavy atom. The topological polar surface area (TPSA) is 41.1 Å². The lowest BCUT2D eigenvalue weighted by molar-refractivity contribution is -0.125. The minimum absolute atomic E-state index is 0.208. The van der Waals surface area contributed by atoms with E-state index in [0.717, 1.165) is 38.9 Å². The summed E-state index contributed by atoms with van der Waals surface area (Å²) in [6, 6.07) is 0. The van der Waals surface area contributed by atoms with Crippen LogP contribution in [0.5, 0.6) is 0 Å². The summed E-state index contributed by atoms with van der Waals surface area (Å²) in [4.78, 5) is 12.0. The van der Waals surface area contributed by atoms with Crippen LogP contribution in [-0.4, -0.2) is 25.5 Å². The first-order valence-electron chi connectivity index (χ1n) is 6.83. The Bertz CT molecular complexity index is 293. The molecular formula is C14H24N2O. The van der Waals surface area contributed by atoms with Crippen molar-refractivity contribution >= 4 is 5.91 Å². The maximum Gasteiger partial charge on any atom is 0.223 e. The zero-order chi connectivity index (χ0) is 12.1. The molecule has 96 valence electrons. The molecule has 0 bridgehead atoms. The van der Waals surface area contributed by atoms with Crippen molar-refractivity contribution in [2.45, 2.75) is 39.0 Å². The SMILES string of the molecule is CC1(CNC(=O)C2CC=CCC2)CCCNC1. The Morgan fingerprint density at radius 1 is 1.53 bits per heavy atom. The number of rotatable bonds is 3. The molecule has 2 unspecified atom stereocenters. The molecule has 2 N–H and O–H groups in total. The van der Waals surface area contributed by atoms with Crippen LogP contribution >= 0.6 is 0 Å². The zero-order valence-electron chi connectivity index (χ0n) is 10.8. The molecule has 1 amide bonds. The lowest BCUT2D eigenvalue weighted by atomic mass is 9.82. The highest BCUT2D eigenvalue weighted by Crippen LogP contribution is 2.25. The highest BCUT2D eigenvalue weighted by Gasteiger charge is 2.28. The van der Waals surface area contributed by atoms with Crippen molar-refractivity contribution in [3.8, 4) is 0 Å². The molecule has 3 nitrogen and oxygen atoms in total. The first-order valence-corrected chi connectivity index (χ1v) is 6.83. The predicted octanol–water partition coefficient (Wildman–Crippen LogP) is 1.85. The fraction of sp³-hybridized carbons (Fsp3) is 0.786. The maximum atomic E-state index is 12.0. The number of hydrogen-bond donors (Lipinski definition) is 2. The summed E-state index contributed by atoms with van der Waals surface area (Å²) in [6.45, 7) is 5.23. The van der Waals surface area contributed by atoms with Crippen LogP contribution in [0.15, 0.2) is 12.2 Å². The van der Waals surface area contributed by atoms with Crippen molar-refractivity contribution in [1.29, 1.82) is 0 Å². The lowest BCUT2D eigenvalue weighted by Gasteiger charge is -2.34. The molecule has 0 radical (unpaired) electrons. The van der Waals surface area contributed by atoms with Gasteiger partial charge >= 0.3 is 0 Å². The first kappa shape index (κ1) is 12.6. The number of hydrogen-bond acceptors (Lipinski definition) is 2. The van der Waals surface area contributed by atoms with Gasteiger partial charge in [0.15, 0.2) is 0 Å². The van der Waals surface area contributed by atoms with E-state index in [1.54, 1.807) is 0 Å². The van der Waals surface area contributed by atoms with Crippen molar-refractivity contribution < 1.29 is 4.79 Å². The van der Waals surface area contributed by atoms with Crippen molar-refractivity contribution in [3.05, 3.63) is 12.2 Å². The van der Waals surface area contributed by atoms with Crippen LogP contribution in [0.1, 0.15) is 39.0 Å². The highest BCUT2D eigenvalue weighted by molar-refractivity contribution is 5.79. The molecule has 0 aromatic heterocycles. The fourth-order valence-corrected chi connectivity index (χ4v) is 2.75. The van der Waals surface area contributed by atoms with Crippen molar-refractivity contribution in [2.75, 3.05) is 19.6 Å². The van der Waals surface area contributed by atoms with Crippen LogP contribution in [0.2, 0.25) is 0 Å². The van der Waals surface area contributed by atoms with Gasteiger partial charge in [-0.1, -0.05) is 19.1 Å². The van der Waals surface area contributed by atoms with E-state index in [1.807, 2.05) is 0 Å². The predicted molar refractivity (Wildman–Crippen MR) is 69.7 cm³/mol. The molecule has 2 atom stereocenters. The van der Waals surface area contributed by atoms with Crippen molar-refractivity contribution in [2.24, 2.45) is 11.3 Å². The lowest BCUT2D eigenvalue weighted by Crippen LogP contribution is -2.46. The molecule has 1 fully saturated rings. The number of amides is 1. The standard InChI is InChI=1S/C14H24N2O/c1-14(8-5-9-15-10-14)11-16-13(17)12-6-3-2-4-7-12/h2-3,12,15H,4-11H2,1H3,(H,16,17). The number of allylic oxidation sites excluding steroid dienone is 2. The van der Waals surface area contributed by atoms with Crippen LogP contribution in [0, 0.1) is 11.3 Å². The van der Waals surface area contributed by atoms with E-state index in [-0.39, 0.29) is 17.2 Å². The summed E-state index contributed by atoms with van der Waals surface area (Å²) >= 11 is 0. The fourth-order valence-electron chi connectivity index (χ4n) is 2.75. The second-order valence-corrected chi connectivity index (χ2v) is 5.79. The number of piperidine rings is 1. The van der Waals surface area contributed by atoms with E-state index in [9.17, 15) is 4.79 Å². The van der Waals surface area contributed by atoms with E-state index >= 15 is 0 Å². The molecule has 1 aliphatic carbocycles. The molecule has 2 aliphatic rings. The molecule has 1 saturated heterocycles. The van der Waals surface area contributed by atoms with Crippen LogP contribution in [-0.2, 0) is 4.79 Å². The first-order chi connectivity index (χ1) is 8.20. The van der Waals surface area contributed by atoms with Gasteiger partial charge in [0.25, 0.3) is 0 Å². The van der Waals surface area contributed by atoms with Crippen LogP contribution < -0.4 is 10.6 Å². The van der Waals surface area contributed by atoms with Gasteiger partial charge in [0.2, 0.25) is 5.91 Å². The number of carbonyl (C=O) groups excluding carboxylic acids is 1. The molecule has 2 rings (SSSR count). The summed E-state index contributed by atoms with van der Waals surface area (Å²) < 4.78 is 0. The molecule has 3 heteroatoms. The monoisotopic (exact) mass is 236 g/mol. The molecule has 17 heavy (non-hydrogen) atoms. The van der Waals surface area contributed by atoms with E-state index in [0.29, 0.717) is 0 Å². The molecule has 0 spiro atoms. The average molecular weight is 236 g/mol. The Balaban J connectivity index is 1.76. The summed E-state index contributed by atoms with van der Waals surface area (Å²) in [7, 11) is 0. The second kappa shape index (κ2) is 5.67. The molecule has 0 aromatic rings. The summed E-state index contributed by atoms with van der Waals surface area (Å²) in [5, 5.41) is 6.57. The third-order valence-corrected chi connectivity index (χ3v) is 4.01. The van der Waals surface area contributed by atoms with Gasteiger partial charge in [-0.2, -0.15) is 0 Å². The smallest absolute Gasteiger partial charge is 0.223 e. The Hall–Kier alpha value is -0.830. The van der Waals surface area contributed by atoms with Gasteiger partial charge < -0.3 is 10.6 Å². The molecule has 1 heterocycles. The minimum atomic E-state index is 0.208. The van der Waals surface area contributed by atoms with Gasteiger partial charge in [-0.05, 0) is 44.1 Å². The summed E-state index contributed by atoms with van der Waals surface area (Å²) in [5.41, 5.74) is 0.248. The van der Waals surface area contributed by atoms with Crippen LogP contribution in [0.4, 0.5) is 0 Å². The van der Waals surface area contributed by atoms with E-state index in [1.165, 1.54) is 12.8 Å². The summed E-state index contributed by atoms with van der Waals surface area (Å²) in [6.07, 6.45) is 9.73. The normalized spacial score (nSPS) is 33.4. The van der Waals surface area contributed by atoms with Gasteiger partial charge in [0.1, 0.15) is 0 Å². The average Bonchev–Trinajstić information content (AvgIpc) is 2.38. The maximum absolute atomic E-state index is 12.0. The Labute approximate surface area is 104 Å². The van der Waals surface area contributed by atoms with Gasteiger partial charge in [0.05, 0.1) is 0 Å². The number of carbonyl (C=O) groups is 1. The zero-order valence-corrected chi connectivity index (χ0v) is 10.8. The van der Waals surface area contributed by atoms with Gasteiger partial charge in [0, 0.05) is 19.0 Å². The van der Waals surface area contributed by atoms with E-state index in [2.05, 4.69) is 29.7 Å². The third-order valence-electron chi connectivity index (χ3n) is 4.01. The molecule has 1 aliphatic heterocycles. The van der Waals surface area contributed by atoms with Gasteiger partial charge in [-0.25, -0.2) is 0 Å². The largest absolute Gasteiger partial charge is 0.355 e. The minimum Gasteiger partial charge on any atom is -0.355 e. The van der Waals surface area contributed by atoms with Gasteiger partial charge in [-0.3, -0.25) is 4.79 Å². The second-order valence-electron chi connectivity index (χ2n) is 5.79. The van der Waals surface area contributed by atoms with Gasteiger partial charge in [-0.15, -0.1) is 0 Å². The van der Waals surface area contributed by atoms with Crippen LogP contribution in [0.3, 0.4) is 0 Å². The van der Waals surface area contributed by atoms with E-state index in [4.69, 9.17) is 0 Å². The van der Waals surface area contributed by atoms with Crippen molar-refractivity contribution in [3.63, 3.8) is 0 Å². The highest BCUT2D eigenvalue weighted by atomic mass is 16.1. The van der Waals surface area contributed by atoms with Crippen LogP contribution in [0.25, 0.3) is 0 Å². The van der Waals surface area contributed by atoms with E-state index < -0.39 is 0 Å². The quantitative estimate of drug-likeness (QED) is 0.734. The van der Waals surface area contributed by atoms with Crippen molar-refractivity contribution in [1.82, 2.24) is 10.6 Å². The Kier molecular flexibility index (Phi) is 4.21. The molecule has 0 aromatic carbocycles. The molecular weight excluding hydrogens is 212 g/mol. The summed E-state index contributed by atoms with van der Waals surface area (Å²) in [5.74, 6) is 0.460.